The van der Waals surface area contributed by atoms with Gasteiger partial charge in [-0.3, -0.25) is 0 Å². The molecule has 2 saturated carbocycles. The molecule has 0 amide bonds. The molecule has 0 radical (unpaired) electrons. The number of nitrogen functional groups attached to an aromatic ring is 1. The lowest BCUT2D eigenvalue weighted by molar-refractivity contribution is -0.00658. The number of benzene rings is 1. The van der Waals surface area contributed by atoms with Crippen molar-refractivity contribution in [3.63, 3.8) is 0 Å². The van der Waals surface area contributed by atoms with Crippen molar-refractivity contribution in [1.29, 1.82) is 0 Å². The molecule has 0 spiro atoms. The summed E-state index contributed by atoms with van der Waals surface area (Å²) >= 11 is 12.2. The number of hydrogen-bond acceptors (Lipinski definition) is 7. The minimum Gasteiger partial charge on any atom is -0.390 e. The zero-order valence-electron chi connectivity index (χ0n) is 20.6. The van der Waals surface area contributed by atoms with Crippen molar-refractivity contribution in [3.8, 4) is 0 Å². The number of nitrogens with zero attached hydrogens (tertiary/aromatic N) is 5. The van der Waals surface area contributed by atoms with Crippen molar-refractivity contribution < 1.29 is 10.2 Å². The first-order chi connectivity index (χ1) is 17.8. The van der Waals surface area contributed by atoms with E-state index in [1.165, 1.54) is 6.33 Å². The highest BCUT2D eigenvalue weighted by molar-refractivity contribution is 6.42. The van der Waals surface area contributed by atoms with Crippen molar-refractivity contribution in [1.82, 2.24) is 29.4 Å². The number of hydrogen-bond donors (Lipinski definition) is 4. The van der Waals surface area contributed by atoms with E-state index in [4.69, 9.17) is 28.9 Å². The molecule has 1 aromatic carbocycles. The molecule has 2 aliphatic rings. The molecular weight excluding hydrogens is 513 g/mol. The summed E-state index contributed by atoms with van der Waals surface area (Å²) in [5, 5.41) is 23.5. The van der Waals surface area contributed by atoms with Gasteiger partial charge >= 0.3 is 0 Å². The fraction of sp³-hybridized carbons (Fsp3) is 0.500. The van der Waals surface area contributed by atoms with Crippen LogP contribution in [0.1, 0.15) is 37.5 Å². The minimum atomic E-state index is -0.854. The van der Waals surface area contributed by atoms with Crippen LogP contribution in [-0.4, -0.2) is 71.5 Å². The SMILES string of the molecule is CN(C[C@H]1CC(n2ccc3c(N)ncnc32)[C@H](O)[C@@H]1O)C1CC(CCc2nc3cc(Cl)c(Cl)cc3[nH]2)C1. The van der Waals surface area contributed by atoms with Gasteiger partial charge in [-0.15, -0.1) is 0 Å². The molecule has 3 heterocycles. The van der Waals surface area contributed by atoms with Crippen LogP contribution < -0.4 is 5.73 Å². The summed E-state index contributed by atoms with van der Waals surface area (Å²) in [6.07, 6.45) is 6.57. The van der Waals surface area contributed by atoms with E-state index in [-0.39, 0.29) is 12.0 Å². The number of imidazole rings is 1. The second-order valence-corrected chi connectivity index (χ2v) is 11.5. The van der Waals surface area contributed by atoms with E-state index < -0.39 is 12.2 Å². The summed E-state index contributed by atoms with van der Waals surface area (Å²) < 4.78 is 1.93. The Morgan fingerprint density at radius 1 is 1.14 bits per heavy atom. The molecule has 6 rings (SSSR count). The Morgan fingerprint density at radius 2 is 1.92 bits per heavy atom. The van der Waals surface area contributed by atoms with E-state index in [9.17, 15) is 10.2 Å². The van der Waals surface area contributed by atoms with E-state index in [0.717, 1.165) is 54.5 Å². The molecule has 0 saturated heterocycles. The van der Waals surface area contributed by atoms with Gasteiger partial charge in [-0.05, 0) is 56.8 Å². The Morgan fingerprint density at radius 3 is 2.73 bits per heavy atom. The number of nitrogens with one attached hydrogen (secondary N) is 1. The van der Waals surface area contributed by atoms with Crippen LogP contribution in [0.2, 0.25) is 10.0 Å². The second-order valence-electron chi connectivity index (χ2n) is 10.7. The summed E-state index contributed by atoms with van der Waals surface area (Å²) in [5.41, 5.74) is 8.42. The minimum absolute atomic E-state index is 0.0186. The van der Waals surface area contributed by atoms with Gasteiger partial charge in [0.1, 0.15) is 29.7 Å². The molecule has 2 fully saturated rings. The van der Waals surface area contributed by atoms with E-state index >= 15 is 0 Å². The zero-order valence-corrected chi connectivity index (χ0v) is 22.1. The highest BCUT2D eigenvalue weighted by Crippen LogP contribution is 2.40. The van der Waals surface area contributed by atoms with Crippen molar-refractivity contribution in [2.75, 3.05) is 19.3 Å². The lowest BCUT2D eigenvalue weighted by Crippen LogP contribution is -2.46. The number of nitrogens with two attached hydrogens (primary N) is 1. The van der Waals surface area contributed by atoms with Gasteiger partial charge in [0.15, 0.2) is 0 Å². The first-order valence-electron chi connectivity index (χ1n) is 12.8. The van der Waals surface area contributed by atoms with Gasteiger partial charge in [0, 0.05) is 31.1 Å². The lowest BCUT2D eigenvalue weighted by atomic mass is 9.76. The van der Waals surface area contributed by atoms with Crippen molar-refractivity contribution in [2.24, 2.45) is 11.8 Å². The monoisotopic (exact) mass is 543 g/mol. The number of halogens is 2. The third-order valence-corrected chi connectivity index (χ3v) is 9.11. The molecule has 9 nitrogen and oxygen atoms in total. The maximum absolute atomic E-state index is 10.9. The molecule has 3 aromatic heterocycles. The number of aliphatic hydroxyl groups is 2. The van der Waals surface area contributed by atoms with Gasteiger partial charge in [-0.1, -0.05) is 23.2 Å². The average Bonchev–Trinajstić information content (AvgIpc) is 3.51. The maximum atomic E-state index is 10.9. The van der Waals surface area contributed by atoms with E-state index in [1.54, 1.807) is 6.07 Å². The Labute approximate surface area is 224 Å². The van der Waals surface area contributed by atoms with Crippen molar-refractivity contribution >= 4 is 51.1 Å². The maximum Gasteiger partial charge on any atom is 0.145 e. The quantitative estimate of drug-likeness (QED) is 0.278. The van der Waals surface area contributed by atoms with Crippen LogP contribution in [0.15, 0.2) is 30.7 Å². The summed E-state index contributed by atoms with van der Waals surface area (Å²) in [6, 6.07) is 5.73. The van der Waals surface area contributed by atoms with Gasteiger partial charge in [0.25, 0.3) is 0 Å². The summed E-state index contributed by atoms with van der Waals surface area (Å²) in [6.45, 7) is 0.744. The van der Waals surface area contributed by atoms with Gasteiger partial charge in [0.05, 0.1) is 38.6 Å². The molecule has 2 aliphatic carbocycles. The molecule has 4 atom stereocenters. The largest absolute Gasteiger partial charge is 0.390 e. The number of H-pyrrole nitrogens is 1. The molecule has 11 heteroatoms. The standard InChI is InChI=1S/C26H31Cl2N7O2/c1-34(15-6-13(7-15)2-3-22-32-19-9-17(27)18(28)10-20(19)33-22)11-14-8-21(24(37)23(14)36)35-5-4-16-25(29)30-12-31-26(16)35/h4-5,9-10,12-15,21,23-24,36-37H,2-3,6-8,11H2,1H3,(H,32,33)(H2,29,30,31)/t13?,14-,15?,21?,23-,24+/m1/s1. The van der Waals surface area contributed by atoms with Crippen molar-refractivity contribution in [3.05, 3.63) is 46.6 Å². The van der Waals surface area contributed by atoms with Crippen LogP contribution in [0.4, 0.5) is 5.82 Å². The molecule has 37 heavy (non-hydrogen) atoms. The van der Waals surface area contributed by atoms with Crippen LogP contribution in [0, 0.1) is 11.8 Å². The predicted octanol–water partition coefficient (Wildman–Crippen LogP) is 3.82. The highest BCUT2D eigenvalue weighted by atomic mass is 35.5. The van der Waals surface area contributed by atoms with Gasteiger partial charge in [-0.25, -0.2) is 15.0 Å². The smallest absolute Gasteiger partial charge is 0.145 e. The first kappa shape index (κ1) is 24.9. The Hall–Kier alpha value is -2.43. The zero-order chi connectivity index (χ0) is 25.8. The third-order valence-electron chi connectivity index (χ3n) is 8.39. The number of anilines is 1. The van der Waals surface area contributed by atoms with E-state index in [2.05, 4.69) is 31.9 Å². The molecule has 4 aromatic rings. The first-order valence-corrected chi connectivity index (χ1v) is 13.5. The fourth-order valence-corrected chi connectivity index (χ4v) is 6.47. The predicted molar refractivity (Wildman–Crippen MR) is 145 cm³/mol. The van der Waals surface area contributed by atoms with E-state index in [0.29, 0.717) is 39.9 Å². The third kappa shape index (κ3) is 4.57. The number of fused-ring (bicyclic) bond motifs is 2. The fourth-order valence-electron chi connectivity index (χ4n) is 6.15. The Kier molecular flexibility index (Phi) is 6.53. The second kappa shape index (κ2) is 9.71. The van der Waals surface area contributed by atoms with Gasteiger partial charge < -0.3 is 30.4 Å². The molecule has 5 N–H and O–H groups in total. The molecule has 0 bridgehead atoms. The molecule has 1 unspecified atom stereocenters. The summed E-state index contributed by atoms with van der Waals surface area (Å²) in [7, 11) is 2.12. The lowest BCUT2D eigenvalue weighted by Gasteiger charge is -2.42. The average molecular weight is 544 g/mol. The Bertz CT molecular complexity index is 1390. The van der Waals surface area contributed by atoms with Crippen LogP contribution in [-0.2, 0) is 6.42 Å². The van der Waals surface area contributed by atoms with Crippen LogP contribution in [0.3, 0.4) is 0 Å². The highest BCUT2D eigenvalue weighted by Gasteiger charge is 2.44. The van der Waals surface area contributed by atoms with Crippen LogP contribution in [0.25, 0.3) is 22.1 Å². The van der Waals surface area contributed by atoms with Crippen LogP contribution >= 0.6 is 23.2 Å². The van der Waals surface area contributed by atoms with Crippen LogP contribution in [0.5, 0.6) is 0 Å². The normalized spacial score (nSPS) is 27.9. The number of aromatic amines is 1. The molecule has 196 valence electrons. The summed E-state index contributed by atoms with van der Waals surface area (Å²) in [5.74, 6) is 2.01. The Balaban J connectivity index is 1.02. The van der Waals surface area contributed by atoms with Crippen molar-refractivity contribution in [2.45, 2.75) is 56.4 Å². The number of rotatable bonds is 7. The van der Waals surface area contributed by atoms with E-state index in [1.807, 2.05) is 22.9 Å². The molecular formula is C26H31Cl2N7O2. The number of aromatic nitrogens is 5. The van der Waals surface area contributed by atoms with Gasteiger partial charge in [0.2, 0.25) is 0 Å². The van der Waals surface area contributed by atoms with Gasteiger partial charge in [-0.2, -0.15) is 0 Å². The molecule has 0 aliphatic heterocycles. The topological polar surface area (TPSA) is 129 Å². The summed E-state index contributed by atoms with van der Waals surface area (Å²) in [4.78, 5) is 18.8. The number of aryl methyl sites for hydroxylation is 1. The number of aliphatic hydroxyl groups excluding tert-OH is 2.